The number of hydrogen-bond acceptors (Lipinski definition) is 5. The van der Waals surface area contributed by atoms with Gasteiger partial charge in [0.05, 0.1) is 40.3 Å². The normalized spacial score (nSPS) is 11.5. The van der Waals surface area contributed by atoms with Crippen molar-refractivity contribution in [1.82, 2.24) is 14.5 Å². The Kier molecular flexibility index (Phi) is 7.07. The van der Waals surface area contributed by atoms with E-state index in [0.29, 0.717) is 12.2 Å². The minimum atomic E-state index is -3.26. The molecule has 5 aromatic rings. The van der Waals surface area contributed by atoms with Gasteiger partial charge in [-0.3, -0.25) is 9.78 Å². The number of carbonyl (C=O) groups excluding carboxylic acids is 1. The highest BCUT2D eigenvalue weighted by Crippen LogP contribution is 2.27. The summed E-state index contributed by atoms with van der Waals surface area (Å²) in [6.07, 6.45) is 1.94. The maximum absolute atomic E-state index is 12.6. The molecule has 0 spiro atoms. The van der Waals surface area contributed by atoms with Gasteiger partial charge in [-0.25, -0.2) is 13.4 Å². The molecule has 7 nitrogen and oxygen atoms in total. The van der Waals surface area contributed by atoms with Crippen LogP contribution in [0.15, 0.2) is 96.0 Å². The number of carbonyl (C=O) groups is 1. The summed E-state index contributed by atoms with van der Waals surface area (Å²) in [5.41, 5.74) is 6.41. The van der Waals surface area contributed by atoms with Crippen LogP contribution in [0.3, 0.4) is 0 Å². The minimum Gasteiger partial charge on any atom is -0.326 e. The number of nitrogens with one attached hydrogen (secondary N) is 1. The number of sulfone groups is 1. The van der Waals surface area contributed by atoms with Crippen LogP contribution in [0.2, 0.25) is 0 Å². The summed E-state index contributed by atoms with van der Waals surface area (Å²) < 4.78 is 26.2. The van der Waals surface area contributed by atoms with Crippen molar-refractivity contribution in [3.05, 3.63) is 108 Å². The zero-order valence-corrected chi connectivity index (χ0v) is 22.1. The second-order valence-electron chi connectivity index (χ2n) is 9.18. The van der Waals surface area contributed by atoms with Crippen LogP contribution < -0.4 is 5.32 Å². The first-order valence-electron chi connectivity index (χ1n) is 12.4. The highest BCUT2D eigenvalue weighted by atomic mass is 32.2. The average molecular weight is 525 g/mol. The van der Waals surface area contributed by atoms with E-state index >= 15 is 0 Å². The molecule has 0 bridgehead atoms. The third-order valence-corrected chi connectivity index (χ3v) is 8.15. The monoisotopic (exact) mass is 524 g/mol. The lowest BCUT2D eigenvalue weighted by Crippen LogP contribution is -2.14. The van der Waals surface area contributed by atoms with Gasteiger partial charge in [0.1, 0.15) is 5.82 Å². The van der Waals surface area contributed by atoms with Gasteiger partial charge in [0.15, 0.2) is 9.84 Å². The Hall–Kier alpha value is -4.30. The number of hydrogen-bond donors (Lipinski definition) is 1. The number of nitrogens with zero attached hydrogens (tertiary/aromatic N) is 3. The summed E-state index contributed by atoms with van der Waals surface area (Å²) >= 11 is 0. The Morgan fingerprint density at radius 2 is 1.71 bits per heavy atom. The smallest absolute Gasteiger partial charge is 0.228 e. The van der Waals surface area contributed by atoms with Crippen LogP contribution in [0.5, 0.6) is 0 Å². The topological polar surface area (TPSA) is 94.0 Å². The fourth-order valence-corrected chi connectivity index (χ4v) is 5.23. The molecule has 0 saturated carbocycles. The van der Waals surface area contributed by atoms with Crippen LogP contribution in [0.1, 0.15) is 23.7 Å². The number of pyridine rings is 1. The van der Waals surface area contributed by atoms with Crippen LogP contribution in [0.25, 0.3) is 22.4 Å². The maximum Gasteiger partial charge on any atom is 0.228 e. The molecule has 0 aliphatic carbocycles. The lowest BCUT2D eigenvalue weighted by Gasteiger charge is -2.11. The predicted octanol–water partition coefficient (Wildman–Crippen LogP) is 5.43. The van der Waals surface area contributed by atoms with Gasteiger partial charge in [-0.1, -0.05) is 31.2 Å². The van der Waals surface area contributed by atoms with Gasteiger partial charge >= 0.3 is 0 Å². The van der Waals surface area contributed by atoms with Crippen molar-refractivity contribution in [2.45, 2.75) is 31.7 Å². The van der Waals surface area contributed by atoms with Crippen molar-refractivity contribution in [1.29, 1.82) is 0 Å². The zero-order chi connectivity index (χ0) is 26.7. The predicted molar refractivity (Wildman–Crippen MR) is 150 cm³/mol. The van der Waals surface area contributed by atoms with E-state index in [4.69, 9.17) is 4.98 Å². The van der Waals surface area contributed by atoms with Crippen LogP contribution in [-0.2, 0) is 27.6 Å². The molecule has 2 heterocycles. The first kappa shape index (κ1) is 25.4. The molecule has 192 valence electrons. The molecule has 0 radical (unpaired) electrons. The second kappa shape index (κ2) is 10.6. The van der Waals surface area contributed by atoms with E-state index in [1.807, 2.05) is 48.5 Å². The lowest BCUT2D eigenvalue weighted by molar-refractivity contribution is -0.115. The fraction of sp³-hybridized carbons (Fsp3) is 0.167. The number of imidazole rings is 1. The Morgan fingerprint density at radius 1 is 0.947 bits per heavy atom. The Labute approximate surface area is 222 Å². The fourth-order valence-electron chi connectivity index (χ4n) is 4.34. The maximum atomic E-state index is 12.6. The highest BCUT2D eigenvalue weighted by molar-refractivity contribution is 7.91. The minimum absolute atomic E-state index is 0.0435. The van der Waals surface area contributed by atoms with Crippen LogP contribution in [0.4, 0.5) is 5.69 Å². The first-order valence-corrected chi connectivity index (χ1v) is 14.1. The molecule has 3 aromatic carbocycles. The number of anilines is 1. The number of rotatable bonds is 8. The quantitative estimate of drug-likeness (QED) is 0.292. The summed E-state index contributed by atoms with van der Waals surface area (Å²) in [6, 6.07) is 26.2. The summed E-state index contributed by atoms with van der Waals surface area (Å²) in [4.78, 5) is 22.3. The molecule has 0 saturated heterocycles. The van der Waals surface area contributed by atoms with Gasteiger partial charge < -0.3 is 9.88 Å². The molecule has 0 unspecified atom stereocenters. The van der Waals surface area contributed by atoms with Gasteiger partial charge in [-0.15, -0.1) is 0 Å². The molecule has 1 N–H and O–H groups in total. The van der Waals surface area contributed by atoms with E-state index in [1.165, 1.54) is 0 Å². The largest absolute Gasteiger partial charge is 0.326 e. The van der Waals surface area contributed by atoms with Gasteiger partial charge in [0.2, 0.25) is 5.91 Å². The van der Waals surface area contributed by atoms with E-state index in [1.54, 1.807) is 37.4 Å². The Balaban J connectivity index is 1.34. The first-order chi connectivity index (χ1) is 18.3. The molecule has 0 aliphatic heterocycles. The number of aryl methyl sites for hydroxylation is 1. The standard InChI is InChI=1S/C30H28N4O3S/c1-3-38(36,37)26-14-8-22(9-15-26)19-29(35)32-24-12-10-23(11-13-24)30-33-27-16-7-21(2)18-28(27)34(30)20-25-6-4-5-17-31-25/h4-18H,3,19-20H2,1-2H3,(H,32,35). The molecule has 5 rings (SSSR count). The molecule has 2 aromatic heterocycles. The number of benzene rings is 3. The van der Waals surface area contributed by atoms with Crippen LogP contribution >= 0.6 is 0 Å². The lowest BCUT2D eigenvalue weighted by atomic mass is 10.1. The van der Waals surface area contributed by atoms with Gasteiger partial charge in [0, 0.05) is 17.4 Å². The summed E-state index contributed by atoms with van der Waals surface area (Å²) in [7, 11) is -3.26. The number of aromatic nitrogens is 3. The molecule has 1 amide bonds. The molecule has 38 heavy (non-hydrogen) atoms. The highest BCUT2D eigenvalue weighted by Gasteiger charge is 2.15. The molecule has 0 aliphatic rings. The number of amides is 1. The van der Waals surface area contributed by atoms with Crippen molar-refractivity contribution >= 4 is 32.5 Å². The molecular formula is C30H28N4O3S. The van der Waals surface area contributed by atoms with Crippen LogP contribution in [-0.4, -0.2) is 34.6 Å². The van der Waals surface area contributed by atoms with Gasteiger partial charge in [0.25, 0.3) is 0 Å². The molecule has 0 atom stereocenters. The van der Waals surface area contributed by atoms with Gasteiger partial charge in [-0.2, -0.15) is 0 Å². The third-order valence-electron chi connectivity index (χ3n) is 6.40. The summed E-state index contributed by atoms with van der Waals surface area (Å²) in [5, 5.41) is 2.92. The third kappa shape index (κ3) is 5.50. The Bertz CT molecular complexity index is 1690. The van der Waals surface area contributed by atoms with E-state index in [2.05, 4.69) is 33.9 Å². The van der Waals surface area contributed by atoms with E-state index < -0.39 is 9.84 Å². The van der Waals surface area contributed by atoms with Gasteiger partial charge in [-0.05, 0) is 78.7 Å². The molecular weight excluding hydrogens is 496 g/mol. The SMILES string of the molecule is CCS(=O)(=O)c1ccc(CC(=O)Nc2ccc(-c3nc4ccc(C)cc4n3Cc3ccccn3)cc2)cc1. The molecule has 8 heteroatoms. The second-order valence-corrected chi connectivity index (χ2v) is 11.5. The van der Waals surface area contributed by atoms with Crippen molar-refractivity contribution in [3.63, 3.8) is 0 Å². The Morgan fingerprint density at radius 3 is 2.39 bits per heavy atom. The van der Waals surface area contributed by atoms with Crippen molar-refractivity contribution in [3.8, 4) is 11.4 Å². The van der Waals surface area contributed by atoms with Crippen molar-refractivity contribution < 1.29 is 13.2 Å². The van der Waals surface area contributed by atoms with Crippen molar-refractivity contribution in [2.75, 3.05) is 11.1 Å². The summed E-state index contributed by atoms with van der Waals surface area (Å²) in [6.45, 7) is 4.27. The number of fused-ring (bicyclic) bond motifs is 1. The van der Waals surface area contributed by atoms with Crippen LogP contribution in [0, 0.1) is 6.92 Å². The van der Waals surface area contributed by atoms with E-state index in [0.717, 1.165) is 39.2 Å². The molecule has 0 fully saturated rings. The van der Waals surface area contributed by atoms with E-state index in [9.17, 15) is 13.2 Å². The zero-order valence-electron chi connectivity index (χ0n) is 21.3. The van der Waals surface area contributed by atoms with Crippen molar-refractivity contribution in [2.24, 2.45) is 0 Å². The summed E-state index contributed by atoms with van der Waals surface area (Å²) in [5.74, 6) is 0.694. The van der Waals surface area contributed by atoms with E-state index in [-0.39, 0.29) is 23.0 Å². The average Bonchev–Trinajstić information content (AvgIpc) is 3.27.